The maximum Gasteiger partial charge on any atom is 0.228 e. The SMILES string of the molecule is Cc1cccn2cc(CC(=O)N(C)C3CCN(C)CC3)nc12. The molecule has 1 saturated heterocycles. The van der Waals surface area contributed by atoms with E-state index in [0.29, 0.717) is 12.5 Å². The smallest absolute Gasteiger partial charge is 0.228 e. The Bertz CT molecular complexity index is 670. The maximum absolute atomic E-state index is 12.5. The number of hydrogen-bond acceptors (Lipinski definition) is 3. The van der Waals surface area contributed by atoms with Gasteiger partial charge in [0, 0.05) is 25.5 Å². The molecule has 1 fully saturated rings. The molecule has 0 unspecified atom stereocenters. The second-order valence-corrected chi connectivity index (χ2v) is 6.37. The lowest BCUT2D eigenvalue weighted by Crippen LogP contribution is -2.45. The first-order chi connectivity index (χ1) is 10.5. The highest BCUT2D eigenvalue weighted by Crippen LogP contribution is 2.16. The van der Waals surface area contributed by atoms with Crippen LogP contribution in [0, 0.1) is 6.92 Å². The Balaban J connectivity index is 1.68. The van der Waals surface area contributed by atoms with E-state index in [2.05, 4.69) is 16.9 Å². The Morgan fingerprint density at radius 1 is 1.41 bits per heavy atom. The summed E-state index contributed by atoms with van der Waals surface area (Å²) in [6.07, 6.45) is 6.43. The zero-order valence-electron chi connectivity index (χ0n) is 13.6. The Morgan fingerprint density at radius 2 is 2.14 bits per heavy atom. The summed E-state index contributed by atoms with van der Waals surface area (Å²) in [5.41, 5.74) is 2.91. The van der Waals surface area contributed by atoms with E-state index >= 15 is 0 Å². The van der Waals surface area contributed by atoms with Gasteiger partial charge in [-0.25, -0.2) is 4.98 Å². The Labute approximate surface area is 131 Å². The molecule has 0 N–H and O–H groups in total. The van der Waals surface area contributed by atoms with Gasteiger partial charge >= 0.3 is 0 Å². The predicted molar refractivity (Wildman–Crippen MR) is 86.9 cm³/mol. The molecule has 5 nitrogen and oxygen atoms in total. The number of hydrogen-bond donors (Lipinski definition) is 0. The number of piperidine rings is 1. The summed E-state index contributed by atoms with van der Waals surface area (Å²) in [6.45, 7) is 4.17. The van der Waals surface area contributed by atoms with E-state index in [0.717, 1.165) is 42.8 Å². The molecular weight excluding hydrogens is 276 g/mol. The van der Waals surface area contributed by atoms with E-state index in [9.17, 15) is 4.79 Å². The summed E-state index contributed by atoms with van der Waals surface area (Å²) in [6, 6.07) is 4.40. The fourth-order valence-corrected chi connectivity index (χ4v) is 3.16. The molecule has 0 atom stereocenters. The van der Waals surface area contributed by atoms with Crippen LogP contribution in [0.3, 0.4) is 0 Å². The van der Waals surface area contributed by atoms with Crippen molar-refractivity contribution in [1.82, 2.24) is 19.2 Å². The minimum atomic E-state index is 0.163. The van der Waals surface area contributed by atoms with Gasteiger partial charge in [-0.2, -0.15) is 0 Å². The first-order valence-electron chi connectivity index (χ1n) is 7.92. The van der Waals surface area contributed by atoms with Gasteiger partial charge in [0.15, 0.2) is 0 Å². The third kappa shape index (κ3) is 2.99. The summed E-state index contributed by atoms with van der Waals surface area (Å²) < 4.78 is 1.99. The second-order valence-electron chi connectivity index (χ2n) is 6.37. The second kappa shape index (κ2) is 6.08. The molecule has 0 radical (unpaired) electrons. The first-order valence-corrected chi connectivity index (χ1v) is 7.92. The van der Waals surface area contributed by atoms with E-state index in [1.807, 2.05) is 47.8 Å². The highest BCUT2D eigenvalue weighted by molar-refractivity contribution is 5.78. The molecule has 118 valence electrons. The summed E-state index contributed by atoms with van der Waals surface area (Å²) in [5, 5.41) is 0. The first kappa shape index (κ1) is 15.0. The third-order valence-electron chi connectivity index (χ3n) is 4.69. The number of likely N-dealkylation sites (tertiary alicyclic amines) is 1. The topological polar surface area (TPSA) is 40.9 Å². The molecule has 1 amide bonds. The molecule has 0 spiro atoms. The molecule has 0 aliphatic carbocycles. The van der Waals surface area contributed by atoms with Crippen molar-refractivity contribution in [2.24, 2.45) is 0 Å². The van der Waals surface area contributed by atoms with Gasteiger partial charge in [-0.3, -0.25) is 4.79 Å². The van der Waals surface area contributed by atoms with E-state index in [1.54, 1.807) is 0 Å². The van der Waals surface area contributed by atoms with Gasteiger partial charge in [0.2, 0.25) is 5.91 Å². The Kier molecular flexibility index (Phi) is 4.16. The predicted octanol–water partition coefficient (Wildman–Crippen LogP) is 1.74. The molecule has 2 aromatic rings. The molecule has 0 aromatic carbocycles. The largest absolute Gasteiger partial charge is 0.342 e. The number of fused-ring (bicyclic) bond motifs is 1. The molecule has 22 heavy (non-hydrogen) atoms. The number of rotatable bonds is 3. The van der Waals surface area contributed by atoms with Crippen molar-refractivity contribution in [3.05, 3.63) is 35.8 Å². The fourth-order valence-electron chi connectivity index (χ4n) is 3.16. The third-order valence-corrected chi connectivity index (χ3v) is 4.69. The van der Waals surface area contributed by atoms with Gasteiger partial charge in [-0.05, 0) is 51.5 Å². The number of imidazole rings is 1. The van der Waals surface area contributed by atoms with Crippen LogP contribution in [0.1, 0.15) is 24.1 Å². The van der Waals surface area contributed by atoms with E-state index < -0.39 is 0 Å². The van der Waals surface area contributed by atoms with Gasteiger partial charge in [0.05, 0.1) is 12.1 Å². The average Bonchev–Trinajstić information content (AvgIpc) is 2.91. The lowest BCUT2D eigenvalue weighted by atomic mass is 10.0. The van der Waals surface area contributed by atoms with Crippen LogP contribution in [0.25, 0.3) is 5.65 Å². The van der Waals surface area contributed by atoms with Crippen molar-refractivity contribution in [2.75, 3.05) is 27.2 Å². The zero-order chi connectivity index (χ0) is 15.7. The molecule has 5 heteroatoms. The number of aryl methyl sites for hydroxylation is 1. The minimum absolute atomic E-state index is 0.163. The van der Waals surface area contributed by atoms with Crippen LogP contribution >= 0.6 is 0 Å². The molecule has 2 aromatic heterocycles. The zero-order valence-corrected chi connectivity index (χ0v) is 13.6. The molecule has 3 heterocycles. The molecule has 1 aliphatic rings. The average molecular weight is 300 g/mol. The minimum Gasteiger partial charge on any atom is -0.342 e. The van der Waals surface area contributed by atoms with Crippen LogP contribution in [0.4, 0.5) is 0 Å². The van der Waals surface area contributed by atoms with Crippen molar-refractivity contribution >= 4 is 11.6 Å². The number of aromatic nitrogens is 2. The molecule has 3 rings (SSSR count). The highest BCUT2D eigenvalue weighted by atomic mass is 16.2. The van der Waals surface area contributed by atoms with Crippen LogP contribution in [0.5, 0.6) is 0 Å². The van der Waals surface area contributed by atoms with Crippen molar-refractivity contribution in [3.8, 4) is 0 Å². The monoisotopic (exact) mass is 300 g/mol. The van der Waals surface area contributed by atoms with E-state index in [1.165, 1.54) is 0 Å². The molecule has 0 saturated carbocycles. The molecule has 0 bridgehead atoms. The highest BCUT2D eigenvalue weighted by Gasteiger charge is 2.24. The number of nitrogens with zero attached hydrogens (tertiary/aromatic N) is 4. The lowest BCUT2D eigenvalue weighted by Gasteiger charge is -2.35. The summed E-state index contributed by atoms with van der Waals surface area (Å²) >= 11 is 0. The molecular formula is C17H24N4O. The maximum atomic E-state index is 12.5. The van der Waals surface area contributed by atoms with Crippen LogP contribution in [-0.2, 0) is 11.2 Å². The van der Waals surface area contributed by atoms with Crippen LogP contribution in [0.15, 0.2) is 24.5 Å². The Hall–Kier alpha value is -1.88. The van der Waals surface area contributed by atoms with Gasteiger partial charge in [0.25, 0.3) is 0 Å². The number of carbonyl (C=O) groups excluding carboxylic acids is 1. The van der Waals surface area contributed by atoms with Gasteiger partial charge in [-0.15, -0.1) is 0 Å². The number of pyridine rings is 1. The summed E-state index contributed by atoms with van der Waals surface area (Å²) in [7, 11) is 4.07. The fraction of sp³-hybridized carbons (Fsp3) is 0.529. The van der Waals surface area contributed by atoms with Gasteiger partial charge in [-0.1, -0.05) is 6.07 Å². The van der Waals surface area contributed by atoms with Crippen molar-refractivity contribution < 1.29 is 4.79 Å². The number of carbonyl (C=O) groups is 1. The van der Waals surface area contributed by atoms with Crippen LogP contribution < -0.4 is 0 Å². The quantitative estimate of drug-likeness (QED) is 0.867. The van der Waals surface area contributed by atoms with Gasteiger partial charge in [0.1, 0.15) is 5.65 Å². The van der Waals surface area contributed by atoms with E-state index in [4.69, 9.17) is 0 Å². The summed E-state index contributed by atoms with van der Waals surface area (Å²) in [5.74, 6) is 0.163. The van der Waals surface area contributed by atoms with Crippen LogP contribution in [-0.4, -0.2) is 58.3 Å². The van der Waals surface area contributed by atoms with Crippen molar-refractivity contribution in [3.63, 3.8) is 0 Å². The van der Waals surface area contributed by atoms with Gasteiger partial charge < -0.3 is 14.2 Å². The van der Waals surface area contributed by atoms with Crippen LogP contribution in [0.2, 0.25) is 0 Å². The Morgan fingerprint density at radius 3 is 2.82 bits per heavy atom. The van der Waals surface area contributed by atoms with E-state index in [-0.39, 0.29) is 5.91 Å². The molecule has 1 aliphatic heterocycles. The lowest BCUT2D eigenvalue weighted by molar-refractivity contribution is -0.132. The van der Waals surface area contributed by atoms with Crippen molar-refractivity contribution in [1.29, 1.82) is 0 Å². The summed E-state index contributed by atoms with van der Waals surface area (Å²) in [4.78, 5) is 21.4. The number of amides is 1. The standard InChI is InChI=1S/C17H24N4O/c1-13-5-4-8-21-12-14(18-17(13)21)11-16(22)20(3)15-6-9-19(2)10-7-15/h4-5,8,12,15H,6-7,9-11H2,1-3H3. The van der Waals surface area contributed by atoms with Crippen molar-refractivity contribution in [2.45, 2.75) is 32.2 Å². The normalized spacial score (nSPS) is 17.0. The number of likely N-dealkylation sites (N-methyl/N-ethyl adjacent to an activating group) is 1.